The summed E-state index contributed by atoms with van der Waals surface area (Å²) in [5, 5.41) is 21.6. The summed E-state index contributed by atoms with van der Waals surface area (Å²) in [5.74, 6) is 1.38. The molecule has 1 amide bonds. The quantitative estimate of drug-likeness (QED) is 0.563. The molecule has 1 spiro atoms. The van der Waals surface area contributed by atoms with Gasteiger partial charge in [-0.3, -0.25) is 9.69 Å². The second-order valence-electron chi connectivity index (χ2n) is 11.7. The molecule has 37 heavy (non-hydrogen) atoms. The Kier molecular flexibility index (Phi) is 6.18. The van der Waals surface area contributed by atoms with Gasteiger partial charge in [0, 0.05) is 25.6 Å². The zero-order valence-electron chi connectivity index (χ0n) is 21.4. The van der Waals surface area contributed by atoms with Crippen LogP contribution >= 0.6 is 23.2 Å². The van der Waals surface area contributed by atoms with E-state index in [1.807, 2.05) is 24.1 Å². The summed E-state index contributed by atoms with van der Waals surface area (Å²) in [6.07, 6.45) is 4.57. The Labute approximate surface area is 228 Å². The summed E-state index contributed by atoms with van der Waals surface area (Å²) in [5.41, 5.74) is 1.51. The van der Waals surface area contributed by atoms with Gasteiger partial charge >= 0.3 is 0 Å². The number of carbonyl (C=O) groups excluding carboxylic acids is 1. The summed E-state index contributed by atoms with van der Waals surface area (Å²) in [7, 11) is 1.84. The van der Waals surface area contributed by atoms with E-state index in [0.29, 0.717) is 35.2 Å². The summed E-state index contributed by atoms with van der Waals surface area (Å²) < 4.78 is 6.62. The molecule has 2 aromatic rings. The molecular weight excluding hydrogens is 511 g/mol. The van der Waals surface area contributed by atoms with Gasteiger partial charge < -0.3 is 19.8 Å². The molecule has 6 nitrogen and oxygen atoms in total. The van der Waals surface area contributed by atoms with Crippen molar-refractivity contribution in [2.75, 3.05) is 26.7 Å². The maximum absolute atomic E-state index is 13.5. The van der Waals surface area contributed by atoms with Gasteiger partial charge in [0.05, 0.1) is 29.1 Å². The van der Waals surface area contributed by atoms with E-state index in [0.717, 1.165) is 42.1 Å². The number of rotatable bonds is 5. The highest BCUT2D eigenvalue weighted by Gasteiger charge is 2.72. The van der Waals surface area contributed by atoms with E-state index < -0.39 is 11.0 Å². The van der Waals surface area contributed by atoms with Crippen molar-refractivity contribution in [3.05, 3.63) is 57.1 Å². The van der Waals surface area contributed by atoms with Crippen LogP contribution in [0.5, 0.6) is 11.5 Å². The van der Waals surface area contributed by atoms with Gasteiger partial charge in [-0.1, -0.05) is 35.3 Å². The number of hydrogen-bond acceptors (Lipinski definition) is 4. The van der Waals surface area contributed by atoms with Crippen LogP contribution in [0.25, 0.3) is 0 Å². The second-order valence-corrected chi connectivity index (χ2v) is 12.5. The molecule has 0 radical (unpaired) electrons. The molecule has 6 rings (SSSR count). The van der Waals surface area contributed by atoms with Gasteiger partial charge in [0.1, 0.15) is 11.5 Å². The van der Waals surface area contributed by atoms with E-state index in [2.05, 4.69) is 11.8 Å². The lowest BCUT2D eigenvalue weighted by Crippen LogP contribution is -2.73. The number of phenols is 1. The standard InChI is InChI=1S/C29H34Cl2N2O4/c1-17-3-8-23(34)26-25(17)29-11-12-33(15-18-4-5-18)16-28(29,36)10-9-22(27(29)37-26)32(2)24(35)14-19-6-7-20(30)21(31)13-19/h3,6-8,13,18,22,27,34,36H,4-5,9-12,14-16H2,1-2H3/p+1/t22-,27+,28-,29+/m1/s1. The molecule has 2 aliphatic heterocycles. The summed E-state index contributed by atoms with van der Waals surface area (Å²) >= 11 is 12.3. The van der Waals surface area contributed by atoms with Crippen LogP contribution in [0.1, 0.15) is 48.8 Å². The van der Waals surface area contributed by atoms with Crippen LogP contribution in [0, 0.1) is 12.8 Å². The third-order valence-corrected chi connectivity index (χ3v) is 10.1. The topological polar surface area (TPSA) is 75.9 Å². The Hall–Kier alpha value is -1.99. The Morgan fingerprint density at radius 2 is 1.97 bits per heavy atom. The van der Waals surface area contributed by atoms with Crippen molar-refractivity contribution >= 4 is 29.1 Å². The first-order valence-corrected chi connectivity index (χ1v) is 14.1. The number of aryl methyl sites for hydroxylation is 1. The molecule has 3 fully saturated rings. The number of benzene rings is 2. The molecule has 0 aromatic heterocycles. The molecular formula is C29H35Cl2N2O4+. The number of aromatic hydroxyl groups is 1. The number of fused-ring (bicyclic) bond motifs is 1. The number of halogens is 2. The average molecular weight is 547 g/mol. The first kappa shape index (κ1) is 25.3. The fraction of sp³-hybridized carbons (Fsp3) is 0.552. The largest absolute Gasteiger partial charge is 0.504 e. The zero-order chi connectivity index (χ0) is 26.1. The first-order valence-electron chi connectivity index (χ1n) is 13.3. The maximum Gasteiger partial charge on any atom is 0.227 e. The molecule has 3 N–H and O–H groups in total. The minimum Gasteiger partial charge on any atom is -0.504 e. The molecule has 0 bridgehead atoms. The van der Waals surface area contributed by atoms with E-state index in [1.54, 1.807) is 18.2 Å². The van der Waals surface area contributed by atoms with Gasteiger partial charge in [0.2, 0.25) is 5.91 Å². The average Bonchev–Trinajstić information content (AvgIpc) is 3.60. The Morgan fingerprint density at radius 3 is 2.70 bits per heavy atom. The fourth-order valence-corrected chi connectivity index (χ4v) is 7.60. The van der Waals surface area contributed by atoms with Crippen LogP contribution in [-0.4, -0.2) is 70.3 Å². The SMILES string of the molecule is Cc1ccc(O)c2c1[C@]13CCN(CC4CC4)C[C@]1([OH2+])CC[C@@H](N(C)C(=O)Cc1ccc(Cl)c(Cl)c1)[C@@H]3O2. The predicted molar refractivity (Wildman–Crippen MR) is 145 cm³/mol. The summed E-state index contributed by atoms with van der Waals surface area (Å²) in [6, 6.07) is 8.71. The van der Waals surface area contributed by atoms with Gasteiger partial charge in [0.25, 0.3) is 0 Å². The van der Waals surface area contributed by atoms with Crippen LogP contribution in [0.15, 0.2) is 30.3 Å². The number of phenolic OH excluding ortho intramolecular Hbond substituents is 1. The molecule has 2 aromatic carbocycles. The van der Waals surface area contributed by atoms with Crippen LogP contribution in [0.3, 0.4) is 0 Å². The molecule has 8 heteroatoms. The number of amides is 1. The van der Waals surface area contributed by atoms with Crippen LogP contribution in [0.2, 0.25) is 10.0 Å². The Morgan fingerprint density at radius 1 is 1.19 bits per heavy atom. The number of hydrogen-bond donors (Lipinski definition) is 1. The van der Waals surface area contributed by atoms with Crippen molar-refractivity contribution in [1.82, 2.24) is 9.80 Å². The van der Waals surface area contributed by atoms with Gasteiger partial charge in [-0.25, -0.2) is 0 Å². The first-order chi connectivity index (χ1) is 17.6. The minimum atomic E-state index is -0.751. The molecule has 198 valence electrons. The number of carbonyl (C=O) groups is 1. The lowest BCUT2D eigenvalue weighted by atomic mass is 9.53. The number of likely N-dealkylation sites (tertiary alicyclic amines) is 1. The van der Waals surface area contributed by atoms with E-state index in [-0.39, 0.29) is 30.2 Å². The normalized spacial score (nSPS) is 30.7. The van der Waals surface area contributed by atoms with Crippen molar-refractivity contribution in [2.45, 2.75) is 68.6 Å². The predicted octanol–water partition coefficient (Wildman–Crippen LogP) is 4.45. The Bertz CT molecular complexity index is 1250. The second kappa shape index (κ2) is 9.04. The number of likely N-dealkylation sites (N-methyl/N-ethyl adjacent to an activating group) is 1. The molecule has 4 atom stereocenters. The maximum atomic E-state index is 13.5. The summed E-state index contributed by atoms with van der Waals surface area (Å²) in [6.45, 7) is 4.73. The molecule has 2 aliphatic carbocycles. The summed E-state index contributed by atoms with van der Waals surface area (Å²) in [4.78, 5) is 17.8. The molecule has 2 saturated carbocycles. The zero-order valence-corrected chi connectivity index (χ0v) is 22.9. The fourth-order valence-electron chi connectivity index (χ4n) is 7.27. The molecule has 4 aliphatic rings. The van der Waals surface area contributed by atoms with Gasteiger partial charge in [-0.15, -0.1) is 0 Å². The van der Waals surface area contributed by atoms with E-state index in [4.69, 9.17) is 27.9 Å². The van der Waals surface area contributed by atoms with Crippen molar-refractivity contribution < 1.29 is 19.7 Å². The Balaban J connectivity index is 1.34. The highest BCUT2D eigenvalue weighted by molar-refractivity contribution is 6.42. The molecule has 2 heterocycles. The minimum absolute atomic E-state index is 0.0253. The monoisotopic (exact) mass is 545 g/mol. The lowest BCUT2D eigenvalue weighted by molar-refractivity contribution is -0.171. The van der Waals surface area contributed by atoms with Crippen molar-refractivity contribution in [1.29, 1.82) is 0 Å². The van der Waals surface area contributed by atoms with E-state index in [9.17, 15) is 15.0 Å². The molecule has 1 saturated heterocycles. The van der Waals surface area contributed by atoms with E-state index in [1.165, 1.54) is 12.8 Å². The van der Waals surface area contributed by atoms with Crippen molar-refractivity contribution in [3.63, 3.8) is 0 Å². The third kappa shape index (κ3) is 4.03. The lowest BCUT2D eigenvalue weighted by Gasteiger charge is -2.56. The highest BCUT2D eigenvalue weighted by Crippen LogP contribution is 2.62. The number of nitrogens with zero attached hydrogens (tertiary/aromatic N) is 2. The van der Waals surface area contributed by atoms with Crippen LogP contribution in [0.4, 0.5) is 0 Å². The highest BCUT2D eigenvalue weighted by atomic mass is 35.5. The smallest absolute Gasteiger partial charge is 0.227 e. The van der Waals surface area contributed by atoms with Crippen LogP contribution < -0.4 is 4.74 Å². The van der Waals surface area contributed by atoms with Gasteiger partial charge in [0.15, 0.2) is 17.1 Å². The van der Waals surface area contributed by atoms with E-state index >= 15 is 0 Å². The van der Waals surface area contributed by atoms with Gasteiger partial charge in [-0.05, 0) is 74.4 Å². The van der Waals surface area contributed by atoms with Crippen LogP contribution in [-0.2, 0) is 16.6 Å². The number of piperidine rings is 1. The van der Waals surface area contributed by atoms with Crippen molar-refractivity contribution in [2.24, 2.45) is 5.92 Å². The van der Waals surface area contributed by atoms with Crippen molar-refractivity contribution in [3.8, 4) is 11.5 Å². The molecule has 0 unspecified atom stereocenters. The van der Waals surface area contributed by atoms with Gasteiger partial charge in [-0.2, -0.15) is 0 Å². The number of ether oxygens (including phenoxy) is 1. The third-order valence-electron chi connectivity index (χ3n) is 9.35.